The molecule has 0 aromatic carbocycles. The molecule has 1 aromatic rings. The first-order valence-electron chi connectivity index (χ1n) is 6.95. The lowest BCUT2D eigenvalue weighted by molar-refractivity contribution is 0.116. The fourth-order valence-corrected chi connectivity index (χ4v) is 2.50. The Kier molecular flexibility index (Phi) is 4.36. The largest absolute Gasteiger partial charge is 0.311 e. The maximum Gasteiger partial charge on any atom is 0.0315 e. The predicted octanol–water partition coefficient (Wildman–Crippen LogP) is 2.21. The van der Waals surface area contributed by atoms with Crippen molar-refractivity contribution >= 4 is 0 Å². The molecule has 1 N–H and O–H groups in total. The highest BCUT2D eigenvalue weighted by Crippen LogP contribution is 2.17. The normalized spacial score (nSPS) is 25.6. The van der Waals surface area contributed by atoms with E-state index in [2.05, 4.69) is 49.0 Å². The van der Waals surface area contributed by atoms with Crippen molar-refractivity contribution in [1.29, 1.82) is 0 Å². The predicted molar refractivity (Wildman–Crippen MR) is 75.5 cm³/mol. The summed E-state index contributed by atoms with van der Waals surface area (Å²) in [7, 11) is 0. The highest BCUT2D eigenvalue weighted by molar-refractivity contribution is 5.21. The average molecular weight is 247 g/mol. The minimum absolute atomic E-state index is 0.597. The Morgan fingerprint density at radius 1 is 1.50 bits per heavy atom. The number of aromatic nitrogens is 1. The van der Waals surface area contributed by atoms with Gasteiger partial charge in [-0.2, -0.15) is 0 Å². The van der Waals surface area contributed by atoms with Gasteiger partial charge in [-0.25, -0.2) is 0 Å². The summed E-state index contributed by atoms with van der Waals surface area (Å²) in [6.45, 7) is 12.3. The van der Waals surface area contributed by atoms with E-state index in [0.717, 1.165) is 19.6 Å². The summed E-state index contributed by atoms with van der Waals surface area (Å²) in [6.07, 6.45) is 3.88. The molecule has 1 aromatic heterocycles. The van der Waals surface area contributed by atoms with E-state index in [1.165, 1.54) is 11.1 Å². The van der Waals surface area contributed by atoms with Gasteiger partial charge in [0, 0.05) is 44.1 Å². The standard InChI is InChI=1S/C15H25N3/c1-11(2)15-10-18(13(4)7-17-15)9-14-8-16-6-5-12(14)3/h5-6,8,11,13,15,17H,7,9-10H2,1-4H3. The summed E-state index contributed by atoms with van der Waals surface area (Å²) >= 11 is 0. The lowest BCUT2D eigenvalue weighted by atomic mass is 9.99. The summed E-state index contributed by atoms with van der Waals surface area (Å²) in [5.41, 5.74) is 2.70. The molecule has 0 saturated carbocycles. The molecule has 1 aliphatic rings. The molecular weight excluding hydrogens is 222 g/mol. The van der Waals surface area contributed by atoms with Crippen LogP contribution in [0.15, 0.2) is 18.5 Å². The Morgan fingerprint density at radius 3 is 2.94 bits per heavy atom. The molecule has 3 heteroatoms. The molecule has 18 heavy (non-hydrogen) atoms. The summed E-state index contributed by atoms with van der Waals surface area (Å²) in [6, 6.07) is 3.31. The fourth-order valence-electron chi connectivity index (χ4n) is 2.50. The number of aryl methyl sites for hydroxylation is 1. The van der Waals surface area contributed by atoms with Gasteiger partial charge in [0.05, 0.1) is 0 Å². The van der Waals surface area contributed by atoms with Crippen molar-refractivity contribution in [3.8, 4) is 0 Å². The molecule has 0 radical (unpaired) electrons. The number of nitrogens with one attached hydrogen (secondary N) is 1. The Labute approximate surface area is 111 Å². The second kappa shape index (κ2) is 5.81. The number of hydrogen-bond acceptors (Lipinski definition) is 3. The van der Waals surface area contributed by atoms with Gasteiger partial charge in [0.1, 0.15) is 0 Å². The van der Waals surface area contributed by atoms with E-state index in [4.69, 9.17) is 0 Å². The van der Waals surface area contributed by atoms with Crippen LogP contribution in [-0.2, 0) is 6.54 Å². The van der Waals surface area contributed by atoms with Gasteiger partial charge in [0.25, 0.3) is 0 Å². The number of hydrogen-bond donors (Lipinski definition) is 1. The SMILES string of the molecule is Cc1ccncc1CN1CC(C(C)C)NCC1C. The molecule has 2 atom stereocenters. The summed E-state index contributed by atoms with van der Waals surface area (Å²) in [5, 5.41) is 3.64. The molecule has 3 nitrogen and oxygen atoms in total. The summed E-state index contributed by atoms with van der Waals surface area (Å²) < 4.78 is 0. The zero-order chi connectivity index (χ0) is 13.1. The minimum Gasteiger partial charge on any atom is -0.311 e. The van der Waals surface area contributed by atoms with Crippen molar-refractivity contribution in [2.24, 2.45) is 5.92 Å². The van der Waals surface area contributed by atoms with Crippen LogP contribution in [0.4, 0.5) is 0 Å². The van der Waals surface area contributed by atoms with Crippen LogP contribution >= 0.6 is 0 Å². The quantitative estimate of drug-likeness (QED) is 0.887. The molecule has 0 spiro atoms. The van der Waals surface area contributed by atoms with Crippen LogP contribution in [0.1, 0.15) is 31.9 Å². The lowest BCUT2D eigenvalue weighted by Gasteiger charge is -2.40. The molecular formula is C15H25N3. The minimum atomic E-state index is 0.597. The maximum atomic E-state index is 4.25. The number of nitrogens with zero attached hydrogens (tertiary/aromatic N) is 2. The summed E-state index contributed by atoms with van der Waals surface area (Å²) in [5.74, 6) is 0.690. The molecule has 1 saturated heterocycles. The Balaban J connectivity index is 2.05. The molecule has 100 valence electrons. The monoisotopic (exact) mass is 247 g/mol. The third-order valence-electron chi connectivity index (χ3n) is 4.06. The van der Waals surface area contributed by atoms with E-state index < -0.39 is 0 Å². The average Bonchev–Trinajstić information content (AvgIpc) is 2.34. The third-order valence-corrected chi connectivity index (χ3v) is 4.06. The second-order valence-corrected chi connectivity index (χ2v) is 5.84. The second-order valence-electron chi connectivity index (χ2n) is 5.84. The van der Waals surface area contributed by atoms with Gasteiger partial charge in [-0.15, -0.1) is 0 Å². The van der Waals surface area contributed by atoms with Crippen LogP contribution in [0.3, 0.4) is 0 Å². The zero-order valence-electron chi connectivity index (χ0n) is 12.0. The fraction of sp³-hybridized carbons (Fsp3) is 0.667. The van der Waals surface area contributed by atoms with Crippen LogP contribution < -0.4 is 5.32 Å². The molecule has 0 bridgehead atoms. The first kappa shape index (κ1) is 13.5. The van der Waals surface area contributed by atoms with E-state index in [-0.39, 0.29) is 0 Å². The highest BCUT2D eigenvalue weighted by atomic mass is 15.2. The van der Waals surface area contributed by atoms with Gasteiger partial charge in [0.2, 0.25) is 0 Å². The molecule has 1 fully saturated rings. The topological polar surface area (TPSA) is 28.2 Å². The molecule has 1 aliphatic heterocycles. The molecule has 0 amide bonds. The van der Waals surface area contributed by atoms with E-state index in [0.29, 0.717) is 18.0 Å². The van der Waals surface area contributed by atoms with Crippen molar-refractivity contribution in [3.05, 3.63) is 29.6 Å². The smallest absolute Gasteiger partial charge is 0.0315 e. The number of rotatable bonds is 3. The van der Waals surface area contributed by atoms with Gasteiger partial charge in [-0.05, 0) is 37.0 Å². The van der Waals surface area contributed by atoms with Gasteiger partial charge in [-0.3, -0.25) is 9.88 Å². The Morgan fingerprint density at radius 2 is 2.28 bits per heavy atom. The van der Waals surface area contributed by atoms with Crippen LogP contribution in [0.2, 0.25) is 0 Å². The van der Waals surface area contributed by atoms with Crippen LogP contribution in [0.25, 0.3) is 0 Å². The van der Waals surface area contributed by atoms with Crippen LogP contribution in [0.5, 0.6) is 0 Å². The van der Waals surface area contributed by atoms with Crippen LogP contribution in [-0.4, -0.2) is 35.1 Å². The van der Waals surface area contributed by atoms with Gasteiger partial charge in [-0.1, -0.05) is 13.8 Å². The van der Waals surface area contributed by atoms with E-state index in [1.54, 1.807) is 0 Å². The van der Waals surface area contributed by atoms with Crippen molar-refractivity contribution in [3.63, 3.8) is 0 Å². The number of piperazine rings is 1. The first-order valence-corrected chi connectivity index (χ1v) is 6.95. The Bertz CT molecular complexity index is 389. The van der Waals surface area contributed by atoms with Crippen LogP contribution in [0, 0.1) is 12.8 Å². The van der Waals surface area contributed by atoms with E-state index >= 15 is 0 Å². The first-order chi connectivity index (χ1) is 8.58. The highest BCUT2D eigenvalue weighted by Gasteiger charge is 2.26. The van der Waals surface area contributed by atoms with Gasteiger partial charge >= 0.3 is 0 Å². The lowest BCUT2D eigenvalue weighted by Crippen LogP contribution is -2.56. The zero-order valence-corrected chi connectivity index (χ0v) is 12.0. The van der Waals surface area contributed by atoms with Gasteiger partial charge < -0.3 is 5.32 Å². The molecule has 2 rings (SSSR count). The number of pyridine rings is 1. The van der Waals surface area contributed by atoms with Crippen molar-refractivity contribution in [2.45, 2.75) is 46.3 Å². The molecule has 2 heterocycles. The third kappa shape index (κ3) is 3.09. The van der Waals surface area contributed by atoms with Crippen molar-refractivity contribution < 1.29 is 0 Å². The van der Waals surface area contributed by atoms with E-state index in [1.807, 2.05) is 12.4 Å². The van der Waals surface area contributed by atoms with Crippen molar-refractivity contribution in [1.82, 2.24) is 15.2 Å². The maximum absolute atomic E-state index is 4.25. The van der Waals surface area contributed by atoms with E-state index in [9.17, 15) is 0 Å². The Hall–Kier alpha value is -0.930. The van der Waals surface area contributed by atoms with Crippen molar-refractivity contribution in [2.75, 3.05) is 13.1 Å². The summed E-state index contributed by atoms with van der Waals surface area (Å²) in [4.78, 5) is 6.82. The van der Waals surface area contributed by atoms with Gasteiger partial charge in [0.15, 0.2) is 0 Å². The molecule has 0 aliphatic carbocycles. The molecule has 2 unspecified atom stereocenters.